The number of carboxylic acids is 1. The van der Waals surface area contributed by atoms with Crippen molar-refractivity contribution in [2.45, 2.75) is 6.04 Å². The molecule has 3 nitrogen and oxygen atoms in total. The summed E-state index contributed by atoms with van der Waals surface area (Å²) in [6, 6.07) is 8.12. The zero-order chi connectivity index (χ0) is 15.9. The van der Waals surface area contributed by atoms with Crippen LogP contribution in [-0.2, 0) is 4.79 Å². The van der Waals surface area contributed by atoms with Gasteiger partial charge in [-0.25, -0.2) is 13.6 Å². The summed E-state index contributed by atoms with van der Waals surface area (Å²) in [5.74, 6) is -2.09. The molecule has 1 aromatic heterocycles. The molecule has 3 rings (SSSR count). The molecule has 0 saturated carbocycles. The Kier molecular flexibility index (Phi) is 3.58. The second-order valence-corrected chi connectivity index (χ2v) is 5.24. The minimum Gasteiger partial charge on any atom is -0.479 e. The molecule has 0 aliphatic rings. The molecule has 22 heavy (non-hydrogen) atoms. The largest absolute Gasteiger partial charge is 0.479 e. The van der Waals surface area contributed by atoms with Crippen molar-refractivity contribution >= 4 is 28.5 Å². The molecule has 0 fully saturated rings. The lowest BCUT2D eigenvalue weighted by Crippen LogP contribution is -2.20. The topological polar surface area (TPSA) is 42.2 Å². The molecule has 0 bridgehead atoms. The van der Waals surface area contributed by atoms with Crippen LogP contribution in [0.3, 0.4) is 0 Å². The predicted molar refractivity (Wildman–Crippen MR) is 79.1 cm³/mol. The highest BCUT2D eigenvalue weighted by Crippen LogP contribution is 2.30. The average Bonchev–Trinajstić information content (AvgIpc) is 2.84. The molecule has 1 N–H and O–H groups in total. The summed E-state index contributed by atoms with van der Waals surface area (Å²) in [5, 5.41) is 10.2. The molecule has 1 atom stereocenters. The van der Waals surface area contributed by atoms with Gasteiger partial charge >= 0.3 is 5.97 Å². The second kappa shape index (κ2) is 5.42. The first kappa shape index (κ1) is 14.5. The van der Waals surface area contributed by atoms with Gasteiger partial charge in [0.15, 0.2) is 6.04 Å². The highest BCUT2D eigenvalue weighted by Gasteiger charge is 2.25. The maximum Gasteiger partial charge on any atom is 0.331 e. The maximum atomic E-state index is 13.2. The van der Waals surface area contributed by atoms with Gasteiger partial charge in [0, 0.05) is 27.7 Å². The number of rotatable bonds is 3. The van der Waals surface area contributed by atoms with Gasteiger partial charge in [0.25, 0.3) is 0 Å². The third-order valence-corrected chi connectivity index (χ3v) is 3.78. The van der Waals surface area contributed by atoms with Gasteiger partial charge in [-0.05, 0) is 36.4 Å². The minimum atomic E-state index is -1.14. The number of carboxylic acid groups (broad SMARTS) is 1. The Morgan fingerprint density at radius 2 is 1.77 bits per heavy atom. The third kappa shape index (κ3) is 2.44. The van der Waals surface area contributed by atoms with Gasteiger partial charge in [-0.2, -0.15) is 0 Å². The fourth-order valence-electron chi connectivity index (χ4n) is 2.49. The molecule has 0 aliphatic carbocycles. The van der Waals surface area contributed by atoms with Gasteiger partial charge < -0.3 is 9.67 Å². The number of hydrogen-bond acceptors (Lipinski definition) is 1. The summed E-state index contributed by atoms with van der Waals surface area (Å²) >= 11 is 5.98. The van der Waals surface area contributed by atoms with Crippen molar-refractivity contribution < 1.29 is 18.7 Å². The van der Waals surface area contributed by atoms with Gasteiger partial charge in [0.1, 0.15) is 11.6 Å². The Hall–Kier alpha value is -2.40. The van der Waals surface area contributed by atoms with Gasteiger partial charge in [0.2, 0.25) is 0 Å². The van der Waals surface area contributed by atoms with Crippen LogP contribution in [0.1, 0.15) is 11.6 Å². The molecule has 0 radical (unpaired) electrons. The standard InChI is InChI=1S/C16H10ClF2NO2/c17-13-8-11(19)1-3-12(13)15(16(21)22)20-6-5-9-7-10(18)2-4-14(9)20/h1-8,15H,(H,21,22). The van der Waals surface area contributed by atoms with Crippen LogP contribution in [0, 0.1) is 11.6 Å². The van der Waals surface area contributed by atoms with Crippen LogP contribution in [-0.4, -0.2) is 15.6 Å². The van der Waals surface area contributed by atoms with Crippen LogP contribution in [0.5, 0.6) is 0 Å². The number of halogens is 3. The Labute approximate surface area is 129 Å². The first-order valence-electron chi connectivity index (χ1n) is 6.41. The fraction of sp³-hybridized carbons (Fsp3) is 0.0625. The smallest absolute Gasteiger partial charge is 0.331 e. The monoisotopic (exact) mass is 321 g/mol. The van der Waals surface area contributed by atoms with E-state index >= 15 is 0 Å². The summed E-state index contributed by atoms with van der Waals surface area (Å²) in [7, 11) is 0. The lowest BCUT2D eigenvalue weighted by atomic mass is 10.1. The van der Waals surface area contributed by atoms with Crippen molar-refractivity contribution in [3.8, 4) is 0 Å². The third-order valence-electron chi connectivity index (χ3n) is 3.45. The molecule has 6 heteroatoms. The summed E-state index contributed by atoms with van der Waals surface area (Å²) < 4.78 is 27.9. The van der Waals surface area contributed by atoms with Crippen molar-refractivity contribution in [1.82, 2.24) is 4.57 Å². The summed E-state index contributed by atoms with van der Waals surface area (Å²) in [5.41, 5.74) is 0.812. The van der Waals surface area contributed by atoms with E-state index in [0.717, 1.165) is 12.1 Å². The molecule has 1 unspecified atom stereocenters. The molecule has 0 amide bonds. The summed E-state index contributed by atoms with van der Waals surface area (Å²) in [6.45, 7) is 0. The predicted octanol–water partition coefficient (Wildman–Crippen LogP) is 4.25. The SMILES string of the molecule is O=C(O)C(c1ccc(F)cc1Cl)n1ccc2cc(F)ccc21. The first-order chi connectivity index (χ1) is 10.5. The van der Waals surface area contributed by atoms with Gasteiger partial charge in [-0.15, -0.1) is 0 Å². The lowest BCUT2D eigenvalue weighted by molar-refractivity contribution is -0.139. The molecule has 0 aliphatic heterocycles. The highest BCUT2D eigenvalue weighted by atomic mass is 35.5. The van der Waals surface area contributed by atoms with Crippen LogP contribution in [0.15, 0.2) is 48.7 Å². The van der Waals surface area contributed by atoms with E-state index in [1.165, 1.54) is 28.8 Å². The van der Waals surface area contributed by atoms with Crippen molar-refractivity contribution in [1.29, 1.82) is 0 Å². The van der Waals surface area contributed by atoms with E-state index in [4.69, 9.17) is 11.6 Å². The van der Waals surface area contributed by atoms with Crippen molar-refractivity contribution in [3.63, 3.8) is 0 Å². The number of hydrogen-bond donors (Lipinski definition) is 1. The Bertz CT molecular complexity index is 876. The molecule has 2 aromatic carbocycles. The number of carbonyl (C=O) groups is 1. The maximum absolute atomic E-state index is 13.2. The Morgan fingerprint density at radius 1 is 1.09 bits per heavy atom. The average molecular weight is 322 g/mol. The molecule has 1 heterocycles. The van der Waals surface area contributed by atoms with Crippen molar-refractivity contribution in [2.75, 3.05) is 0 Å². The number of benzene rings is 2. The quantitative estimate of drug-likeness (QED) is 0.783. The first-order valence-corrected chi connectivity index (χ1v) is 6.79. The molecule has 3 aromatic rings. The van der Waals surface area contributed by atoms with Gasteiger partial charge in [-0.3, -0.25) is 0 Å². The van der Waals surface area contributed by atoms with Gasteiger partial charge in [0.05, 0.1) is 0 Å². The van der Waals surface area contributed by atoms with E-state index in [9.17, 15) is 18.7 Å². The van der Waals surface area contributed by atoms with Crippen LogP contribution >= 0.6 is 11.6 Å². The summed E-state index contributed by atoms with van der Waals surface area (Å²) in [4.78, 5) is 11.7. The number of fused-ring (bicyclic) bond motifs is 1. The zero-order valence-corrected chi connectivity index (χ0v) is 11.9. The zero-order valence-electron chi connectivity index (χ0n) is 11.1. The van der Waals surface area contributed by atoms with E-state index in [1.807, 2.05) is 0 Å². The van der Waals surface area contributed by atoms with E-state index in [0.29, 0.717) is 10.9 Å². The van der Waals surface area contributed by atoms with Crippen molar-refractivity contribution in [3.05, 3.63) is 70.9 Å². The minimum absolute atomic E-state index is 0.0244. The molecule has 0 saturated heterocycles. The lowest BCUT2D eigenvalue weighted by Gasteiger charge is -2.17. The molecule has 112 valence electrons. The van der Waals surface area contributed by atoms with E-state index in [1.54, 1.807) is 12.3 Å². The highest BCUT2D eigenvalue weighted by molar-refractivity contribution is 6.31. The van der Waals surface area contributed by atoms with E-state index < -0.39 is 23.6 Å². The number of aliphatic carboxylic acids is 1. The van der Waals surface area contributed by atoms with Crippen LogP contribution in [0.4, 0.5) is 8.78 Å². The van der Waals surface area contributed by atoms with E-state index in [2.05, 4.69) is 0 Å². The number of nitrogens with zero attached hydrogens (tertiary/aromatic N) is 1. The molecule has 0 spiro atoms. The second-order valence-electron chi connectivity index (χ2n) is 4.83. The normalized spacial score (nSPS) is 12.5. The van der Waals surface area contributed by atoms with Crippen molar-refractivity contribution in [2.24, 2.45) is 0 Å². The molecular formula is C16H10ClF2NO2. The van der Waals surface area contributed by atoms with Crippen LogP contribution in [0.2, 0.25) is 5.02 Å². The van der Waals surface area contributed by atoms with Gasteiger partial charge in [-0.1, -0.05) is 17.7 Å². The summed E-state index contributed by atoms with van der Waals surface area (Å²) in [6.07, 6.45) is 1.54. The number of aromatic nitrogens is 1. The van der Waals surface area contributed by atoms with E-state index in [-0.39, 0.29) is 10.6 Å². The Morgan fingerprint density at radius 3 is 2.45 bits per heavy atom. The fourth-order valence-corrected chi connectivity index (χ4v) is 2.76. The van der Waals surface area contributed by atoms with Crippen LogP contribution in [0.25, 0.3) is 10.9 Å². The molecular weight excluding hydrogens is 312 g/mol. The van der Waals surface area contributed by atoms with Crippen LogP contribution < -0.4 is 0 Å². The Balaban J connectivity index is 2.20.